The van der Waals surface area contributed by atoms with Crippen LogP contribution in [0.15, 0.2) is 35.1 Å². The van der Waals surface area contributed by atoms with Crippen LogP contribution in [-0.4, -0.2) is 14.8 Å². The minimum Gasteiger partial charge on any atom is -0.381 e. The standard InChI is InChI=1S/C17H7BF10.C8H13Si.C6F5.Zr/c1-5(2)3-4-18(6-8(19)12(23)16(27)13(24)9(6)20)7-10(21)14(25)17(28)15(26)11(7)22;1-9(2,3)8-6-4-5-7-8;7-2-1-3(8)5(10)6(11)4(2)9;/h3-4H,1H2,2H3;4-7H,1-3H3;;/q-2;;-1;+3/b5-3+;;;. The number of halogens is 15. The Morgan fingerprint density at radius 3 is 1.18 bits per heavy atom. The summed E-state index contributed by atoms with van der Waals surface area (Å²) in [5, 5.41) is 1.56. The van der Waals surface area contributed by atoms with Crippen molar-refractivity contribution < 1.29 is 92.1 Å². The predicted octanol–water partition coefficient (Wildman–Crippen LogP) is 8.95. The summed E-state index contributed by atoms with van der Waals surface area (Å²) in [5.41, 5.74) is -3.51. The van der Waals surface area contributed by atoms with E-state index in [1.807, 2.05) is 0 Å². The molecule has 0 saturated heterocycles. The molecule has 0 fully saturated rings. The second kappa shape index (κ2) is 17.6. The van der Waals surface area contributed by atoms with E-state index in [9.17, 15) is 65.9 Å². The van der Waals surface area contributed by atoms with Crippen LogP contribution in [0.25, 0.3) is 0 Å². The molecule has 0 N–H and O–H groups in total. The molecule has 4 rings (SSSR count). The maximum absolute atomic E-state index is 14.1. The van der Waals surface area contributed by atoms with Crippen molar-refractivity contribution in [3.8, 4) is 0 Å². The van der Waals surface area contributed by atoms with Crippen molar-refractivity contribution in [1.29, 1.82) is 0 Å². The van der Waals surface area contributed by atoms with Crippen LogP contribution in [0.2, 0.25) is 19.6 Å². The number of rotatable bonds is 5. The van der Waals surface area contributed by atoms with E-state index in [1.165, 1.54) is 6.92 Å². The van der Waals surface area contributed by atoms with Crippen molar-refractivity contribution in [2.24, 2.45) is 0 Å². The third-order valence-corrected chi connectivity index (χ3v) is 8.27. The smallest absolute Gasteiger partial charge is 0.381 e. The Hall–Kier alpha value is -3.27. The molecule has 0 aliphatic heterocycles. The zero-order valence-electron chi connectivity index (χ0n) is 25.4. The first kappa shape index (κ1) is 43.8. The second-order valence-corrected chi connectivity index (χ2v) is 15.8. The van der Waals surface area contributed by atoms with Crippen LogP contribution in [0.5, 0.6) is 0 Å². The van der Waals surface area contributed by atoms with Gasteiger partial charge in [0.05, 0.1) is 37.2 Å². The third-order valence-electron chi connectivity index (χ3n) is 6.20. The molecule has 0 amide bonds. The van der Waals surface area contributed by atoms with Gasteiger partial charge in [0.25, 0.3) is 0 Å². The maximum atomic E-state index is 14.1. The van der Waals surface area contributed by atoms with Gasteiger partial charge in [0.1, 0.15) is 6.71 Å². The summed E-state index contributed by atoms with van der Waals surface area (Å²) in [6, 6.07) is 1.02. The first-order valence-electron chi connectivity index (χ1n) is 13.0. The molecule has 0 unspecified atom stereocenters. The number of benzene rings is 3. The van der Waals surface area contributed by atoms with E-state index in [2.05, 4.69) is 51.2 Å². The Kier molecular flexibility index (Phi) is 15.7. The predicted molar refractivity (Wildman–Crippen MR) is 151 cm³/mol. The SMILES string of the molecule is C[Si](C)(C)C1=CC=C[CH]1.Fc1[c-]c(F)c(F)c(F)c1F.[CH2-]/C(C)=C\[CH-]B(c1c(F)c(F)c(F)c(F)c1F)c1c(F)c(F)c(F)c(F)c1F.[Zr+3]. The van der Waals surface area contributed by atoms with Crippen molar-refractivity contribution in [1.82, 2.24) is 0 Å². The molecule has 260 valence electrons. The van der Waals surface area contributed by atoms with Gasteiger partial charge in [-0.15, -0.1) is 13.0 Å². The van der Waals surface area contributed by atoms with E-state index in [4.69, 9.17) is 0 Å². The second-order valence-electron chi connectivity index (χ2n) is 10.8. The van der Waals surface area contributed by atoms with E-state index in [0.29, 0.717) is 6.32 Å². The molecular formula is C31H20BF15SiZr. The van der Waals surface area contributed by atoms with Crippen LogP contribution in [0.3, 0.4) is 0 Å². The van der Waals surface area contributed by atoms with Gasteiger partial charge in [-0.2, -0.15) is 0 Å². The Morgan fingerprint density at radius 1 is 0.592 bits per heavy atom. The molecule has 0 saturated carbocycles. The molecule has 1 aliphatic rings. The summed E-state index contributed by atoms with van der Waals surface area (Å²) < 4.78 is 197. The molecule has 0 atom stereocenters. The van der Waals surface area contributed by atoms with Gasteiger partial charge in [0, 0.05) is 6.42 Å². The average Bonchev–Trinajstić information content (AvgIpc) is 3.58. The van der Waals surface area contributed by atoms with E-state index in [1.54, 1.807) is 5.20 Å². The fourth-order valence-electron chi connectivity index (χ4n) is 3.76. The van der Waals surface area contributed by atoms with E-state index < -0.39 is 113 Å². The molecule has 0 nitrogen and oxygen atoms in total. The van der Waals surface area contributed by atoms with Crippen molar-refractivity contribution in [2.75, 3.05) is 0 Å². The Bertz CT molecular complexity index is 1640. The number of hydrogen-bond acceptors (Lipinski definition) is 0. The van der Waals surface area contributed by atoms with E-state index >= 15 is 0 Å². The van der Waals surface area contributed by atoms with Crippen LogP contribution in [0.4, 0.5) is 65.9 Å². The minimum atomic E-state index is -2.56. The Morgan fingerprint density at radius 2 is 0.918 bits per heavy atom. The van der Waals surface area contributed by atoms with E-state index in [0.717, 1.165) is 12.1 Å². The zero-order chi connectivity index (χ0) is 37.0. The van der Waals surface area contributed by atoms with Crippen LogP contribution < -0.4 is 10.9 Å². The normalized spacial score (nSPS) is 12.4. The largest absolute Gasteiger partial charge is 3.00 e. The summed E-state index contributed by atoms with van der Waals surface area (Å²) in [7, 11) is -0.981. The van der Waals surface area contributed by atoms with Gasteiger partial charge in [-0.05, 0) is 10.9 Å². The van der Waals surface area contributed by atoms with Gasteiger partial charge in [-0.3, -0.25) is 8.78 Å². The molecule has 0 heterocycles. The first-order chi connectivity index (χ1) is 22.1. The van der Waals surface area contributed by atoms with Crippen molar-refractivity contribution in [3.63, 3.8) is 0 Å². The summed E-state index contributed by atoms with van der Waals surface area (Å²) in [6.45, 7) is 9.15. The van der Waals surface area contributed by atoms with Crippen LogP contribution in [0, 0.1) is 113 Å². The zero-order valence-corrected chi connectivity index (χ0v) is 28.9. The summed E-state index contributed by atoms with van der Waals surface area (Å²) in [6.07, 6.45) is 10.0. The number of allylic oxidation sites excluding steroid dienone is 6. The molecule has 18 heteroatoms. The number of hydrogen-bond donors (Lipinski definition) is 0. The maximum Gasteiger partial charge on any atom is 3.00 e. The van der Waals surface area contributed by atoms with Gasteiger partial charge in [0.15, 0.2) is 58.2 Å². The molecule has 0 aromatic heterocycles. The Balaban J connectivity index is 0.000000464. The van der Waals surface area contributed by atoms with Crippen LogP contribution in [0.1, 0.15) is 6.92 Å². The first-order valence-corrected chi connectivity index (χ1v) is 16.5. The fraction of sp³-hybridized carbons (Fsp3) is 0.129. The van der Waals surface area contributed by atoms with E-state index in [-0.39, 0.29) is 31.8 Å². The van der Waals surface area contributed by atoms with Gasteiger partial charge in [-0.25, -0.2) is 57.1 Å². The summed E-state index contributed by atoms with van der Waals surface area (Å²) in [5.74, 6) is -34.9. The quantitative estimate of drug-likeness (QED) is 0.0795. The van der Waals surface area contributed by atoms with Gasteiger partial charge in [0.2, 0.25) is 0 Å². The molecule has 0 bridgehead atoms. The van der Waals surface area contributed by atoms with Gasteiger partial charge in [-0.1, -0.05) is 43.1 Å². The molecule has 3 aromatic rings. The summed E-state index contributed by atoms with van der Waals surface area (Å²) in [4.78, 5) is 0. The molecule has 3 aromatic carbocycles. The molecule has 2 radical (unpaired) electrons. The molecule has 0 spiro atoms. The third kappa shape index (κ3) is 9.92. The van der Waals surface area contributed by atoms with Crippen LogP contribution >= 0.6 is 0 Å². The summed E-state index contributed by atoms with van der Waals surface area (Å²) >= 11 is 0. The topological polar surface area (TPSA) is 0 Å². The van der Waals surface area contributed by atoms with Crippen LogP contribution in [-0.2, 0) is 26.2 Å². The molecular weight excluding hydrogens is 787 g/mol. The average molecular weight is 808 g/mol. The van der Waals surface area contributed by atoms with Crippen molar-refractivity contribution >= 4 is 25.7 Å². The Labute approximate surface area is 291 Å². The van der Waals surface area contributed by atoms with Crippen molar-refractivity contribution in [3.05, 3.63) is 148 Å². The molecule has 49 heavy (non-hydrogen) atoms. The minimum absolute atomic E-state index is 0. The monoisotopic (exact) mass is 806 g/mol. The van der Waals surface area contributed by atoms with Gasteiger partial charge >= 0.3 is 26.2 Å². The molecule has 1 aliphatic carbocycles. The fourth-order valence-corrected chi connectivity index (χ4v) is 4.95. The van der Waals surface area contributed by atoms with Gasteiger partial charge < -0.3 is 24.9 Å². The van der Waals surface area contributed by atoms with Crippen molar-refractivity contribution in [2.45, 2.75) is 26.6 Å².